The zero-order valence-electron chi connectivity index (χ0n) is 14.3. The molecule has 1 aliphatic heterocycles. The van der Waals surface area contributed by atoms with Crippen molar-refractivity contribution in [1.29, 1.82) is 0 Å². The van der Waals surface area contributed by atoms with Gasteiger partial charge in [-0.3, -0.25) is 10.2 Å². The summed E-state index contributed by atoms with van der Waals surface area (Å²) in [6, 6.07) is 4.03. The number of ether oxygens (including phenoxy) is 1. The largest absolute Gasteiger partial charge is 0.465 e. The van der Waals surface area contributed by atoms with Gasteiger partial charge in [-0.15, -0.1) is 4.83 Å². The van der Waals surface area contributed by atoms with Gasteiger partial charge in [0.05, 0.1) is 29.1 Å². The first kappa shape index (κ1) is 20.3. The fourth-order valence-corrected chi connectivity index (χ4v) is 5.65. The van der Waals surface area contributed by atoms with Crippen molar-refractivity contribution in [3.63, 3.8) is 0 Å². The molecule has 1 heterocycles. The summed E-state index contributed by atoms with van der Waals surface area (Å²) in [5.74, 6) is -1.68. The van der Waals surface area contributed by atoms with E-state index in [1.54, 1.807) is 6.92 Å². The maximum absolute atomic E-state index is 12.4. The molecule has 0 unspecified atom stereocenters. The molecule has 0 radical (unpaired) electrons. The lowest BCUT2D eigenvalue weighted by atomic mass is 10.1. The minimum atomic E-state index is -4.11. The van der Waals surface area contributed by atoms with Crippen LogP contribution < -0.4 is 10.3 Å². The molecule has 0 saturated carbocycles. The molecule has 2 N–H and O–H groups in total. The summed E-state index contributed by atoms with van der Waals surface area (Å²) in [4.78, 5) is 25.2. The van der Waals surface area contributed by atoms with E-state index >= 15 is 0 Å². The molecular weight excluding hydrogens is 384 g/mol. The van der Waals surface area contributed by atoms with E-state index < -0.39 is 31.7 Å². The van der Waals surface area contributed by atoms with Gasteiger partial charge in [0, 0.05) is 6.42 Å². The minimum absolute atomic E-state index is 0.0379. The number of carbonyl (C=O) groups is 2. The summed E-state index contributed by atoms with van der Waals surface area (Å²) in [5, 5.41) is 0. The third-order valence-corrected chi connectivity index (χ3v) is 7.25. The summed E-state index contributed by atoms with van der Waals surface area (Å²) in [6.07, 6.45) is 0.283. The Labute approximate surface area is 152 Å². The lowest BCUT2D eigenvalue weighted by Gasteiger charge is -2.12. The Hall–Kier alpha value is -1.98. The van der Waals surface area contributed by atoms with Gasteiger partial charge in [0.2, 0.25) is 5.91 Å². The van der Waals surface area contributed by atoms with E-state index in [0.29, 0.717) is 12.0 Å². The standard InChI is InChI=1S/C15H20N2O7S2/c1-10-3-4-12(15(19)24-2)8-13(10)26(22,23)17-16-14(18)7-11-5-6-25(20,21)9-11/h3-4,8,11,17H,5-7,9H2,1-2H3,(H,16,18)/t11-/m0/s1. The van der Waals surface area contributed by atoms with Crippen molar-refractivity contribution < 1.29 is 31.2 Å². The smallest absolute Gasteiger partial charge is 0.337 e. The predicted molar refractivity (Wildman–Crippen MR) is 92.4 cm³/mol. The van der Waals surface area contributed by atoms with E-state index in [9.17, 15) is 26.4 Å². The highest BCUT2D eigenvalue weighted by atomic mass is 32.2. The molecule has 1 aliphatic rings. The van der Waals surface area contributed by atoms with Crippen LogP contribution in [-0.4, -0.2) is 47.3 Å². The Bertz CT molecular complexity index is 923. The van der Waals surface area contributed by atoms with Crippen LogP contribution in [0.2, 0.25) is 0 Å². The highest BCUT2D eigenvalue weighted by molar-refractivity contribution is 7.91. The minimum Gasteiger partial charge on any atom is -0.465 e. The number of aryl methyl sites for hydroxylation is 1. The van der Waals surface area contributed by atoms with Crippen molar-refractivity contribution in [3.8, 4) is 0 Å². The van der Waals surface area contributed by atoms with Crippen molar-refractivity contribution in [2.45, 2.75) is 24.7 Å². The third-order valence-electron chi connectivity index (χ3n) is 4.02. The Morgan fingerprint density at radius 1 is 1.31 bits per heavy atom. The first-order valence-electron chi connectivity index (χ1n) is 7.74. The van der Waals surface area contributed by atoms with Gasteiger partial charge in [-0.2, -0.15) is 0 Å². The summed E-state index contributed by atoms with van der Waals surface area (Å²) >= 11 is 0. The summed E-state index contributed by atoms with van der Waals surface area (Å²) < 4.78 is 52.1. The van der Waals surface area contributed by atoms with Crippen LogP contribution in [-0.2, 0) is 29.4 Å². The van der Waals surface area contributed by atoms with Crippen LogP contribution >= 0.6 is 0 Å². The summed E-state index contributed by atoms with van der Waals surface area (Å²) in [7, 11) is -6.05. The molecule has 1 aromatic rings. The highest BCUT2D eigenvalue weighted by Gasteiger charge is 2.29. The Kier molecular flexibility index (Phi) is 6.04. The van der Waals surface area contributed by atoms with Crippen LogP contribution in [0.3, 0.4) is 0 Å². The van der Waals surface area contributed by atoms with Gasteiger partial charge in [-0.1, -0.05) is 6.07 Å². The number of rotatable bonds is 6. The zero-order valence-corrected chi connectivity index (χ0v) is 15.9. The number of carbonyl (C=O) groups excluding carboxylic acids is 2. The van der Waals surface area contributed by atoms with Crippen molar-refractivity contribution in [2.24, 2.45) is 5.92 Å². The monoisotopic (exact) mass is 404 g/mol. The molecule has 1 fully saturated rings. The topological polar surface area (TPSA) is 136 Å². The number of hydrogen-bond acceptors (Lipinski definition) is 7. The Balaban J connectivity index is 2.04. The van der Waals surface area contributed by atoms with Crippen molar-refractivity contribution in [1.82, 2.24) is 10.3 Å². The number of esters is 1. The van der Waals surface area contributed by atoms with E-state index in [0.717, 1.165) is 6.07 Å². The maximum atomic E-state index is 12.4. The first-order valence-corrected chi connectivity index (χ1v) is 11.0. The number of hydrazine groups is 1. The van der Waals surface area contributed by atoms with Crippen molar-refractivity contribution in [2.75, 3.05) is 18.6 Å². The van der Waals surface area contributed by atoms with Crippen LogP contribution in [0.15, 0.2) is 23.1 Å². The molecule has 26 heavy (non-hydrogen) atoms. The normalized spacial score (nSPS) is 19.1. The molecule has 2 rings (SSSR count). The molecule has 1 saturated heterocycles. The number of sulfonamides is 1. The maximum Gasteiger partial charge on any atom is 0.337 e. The molecule has 0 spiro atoms. The van der Waals surface area contributed by atoms with E-state index in [1.807, 2.05) is 4.83 Å². The average Bonchev–Trinajstić information content (AvgIpc) is 2.91. The van der Waals surface area contributed by atoms with E-state index in [-0.39, 0.29) is 34.3 Å². The summed E-state index contributed by atoms with van der Waals surface area (Å²) in [6.45, 7) is 1.54. The quantitative estimate of drug-likeness (QED) is 0.500. The van der Waals surface area contributed by atoms with Gasteiger partial charge in [-0.25, -0.2) is 21.6 Å². The van der Waals surface area contributed by atoms with Crippen molar-refractivity contribution >= 4 is 31.7 Å². The molecule has 144 valence electrons. The zero-order chi connectivity index (χ0) is 19.5. The van der Waals surface area contributed by atoms with Crippen LogP contribution in [0.5, 0.6) is 0 Å². The van der Waals surface area contributed by atoms with Crippen LogP contribution in [0.1, 0.15) is 28.8 Å². The van der Waals surface area contributed by atoms with Gasteiger partial charge >= 0.3 is 5.97 Å². The van der Waals surface area contributed by atoms with Crippen molar-refractivity contribution in [3.05, 3.63) is 29.3 Å². The fourth-order valence-electron chi connectivity index (χ4n) is 2.66. The second-order valence-electron chi connectivity index (χ2n) is 6.10. The van der Waals surface area contributed by atoms with Gasteiger partial charge in [-0.05, 0) is 37.0 Å². The number of methoxy groups -OCH3 is 1. The predicted octanol–water partition coefficient (Wildman–Crippen LogP) is -0.0841. The van der Waals surface area contributed by atoms with Gasteiger partial charge in [0.25, 0.3) is 10.0 Å². The lowest BCUT2D eigenvalue weighted by Crippen LogP contribution is -2.42. The molecule has 9 nitrogen and oxygen atoms in total. The number of benzene rings is 1. The van der Waals surface area contributed by atoms with E-state index in [2.05, 4.69) is 10.2 Å². The molecule has 0 aliphatic carbocycles. The number of nitrogens with one attached hydrogen (secondary N) is 2. The van der Waals surface area contributed by atoms with Crippen LogP contribution in [0.25, 0.3) is 0 Å². The number of amides is 1. The molecule has 1 aromatic carbocycles. The first-order chi connectivity index (χ1) is 12.0. The molecule has 1 amide bonds. The Morgan fingerprint density at radius 2 is 2.00 bits per heavy atom. The molecule has 11 heteroatoms. The third kappa shape index (κ3) is 5.02. The number of sulfone groups is 1. The summed E-state index contributed by atoms with van der Waals surface area (Å²) in [5.41, 5.74) is 2.51. The van der Waals surface area contributed by atoms with E-state index in [4.69, 9.17) is 0 Å². The number of hydrogen-bond donors (Lipinski definition) is 2. The fraction of sp³-hybridized carbons (Fsp3) is 0.467. The van der Waals surface area contributed by atoms with Gasteiger partial charge in [0.15, 0.2) is 9.84 Å². The Morgan fingerprint density at radius 3 is 2.58 bits per heavy atom. The van der Waals surface area contributed by atoms with Crippen LogP contribution in [0.4, 0.5) is 0 Å². The van der Waals surface area contributed by atoms with Gasteiger partial charge < -0.3 is 4.74 Å². The molecule has 0 aromatic heterocycles. The highest BCUT2D eigenvalue weighted by Crippen LogP contribution is 2.21. The van der Waals surface area contributed by atoms with Gasteiger partial charge in [0.1, 0.15) is 0 Å². The lowest BCUT2D eigenvalue weighted by molar-refractivity contribution is -0.122. The average molecular weight is 404 g/mol. The second-order valence-corrected chi connectivity index (χ2v) is 9.98. The SMILES string of the molecule is COC(=O)c1ccc(C)c(S(=O)(=O)NNC(=O)C[C@@H]2CCS(=O)(=O)C2)c1. The molecule has 1 atom stereocenters. The van der Waals surface area contributed by atoms with E-state index in [1.165, 1.54) is 19.2 Å². The van der Waals surface area contributed by atoms with Crippen LogP contribution in [0, 0.1) is 12.8 Å². The molecular formula is C15H20N2O7S2. The molecule has 0 bridgehead atoms. The second kappa shape index (κ2) is 7.72.